The zero-order valence-corrected chi connectivity index (χ0v) is 11.4. The number of hydrogen-bond donors (Lipinski definition) is 1. The number of aryl methyl sites for hydroxylation is 1. The van der Waals surface area contributed by atoms with Gasteiger partial charge in [0.25, 0.3) is 0 Å². The topological polar surface area (TPSA) is 55.6 Å². The van der Waals surface area contributed by atoms with Gasteiger partial charge in [-0.2, -0.15) is 5.10 Å². The number of rotatable bonds is 6. The summed E-state index contributed by atoms with van der Waals surface area (Å²) in [7, 11) is 1.89. The molecule has 2 aromatic rings. The highest BCUT2D eigenvalue weighted by Gasteiger charge is 2.03. The monoisotopic (exact) mass is 263 g/mol. The van der Waals surface area contributed by atoms with E-state index < -0.39 is 0 Å². The Bertz CT molecular complexity index is 497. The number of pyridine rings is 1. The molecule has 1 N–H and O–H groups in total. The molecule has 0 amide bonds. The second-order valence-corrected chi connectivity index (χ2v) is 4.86. The third-order valence-corrected chi connectivity index (χ3v) is 3.48. The Morgan fingerprint density at radius 1 is 1.39 bits per heavy atom. The smallest absolute Gasteiger partial charge is 0.186 e. The molecule has 2 aromatic heterocycles. The minimum atomic E-state index is 0.800. The highest BCUT2D eigenvalue weighted by molar-refractivity contribution is 7.98. The van der Waals surface area contributed by atoms with E-state index in [1.165, 1.54) is 0 Å². The van der Waals surface area contributed by atoms with Crippen molar-refractivity contribution in [3.63, 3.8) is 0 Å². The second-order valence-electron chi connectivity index (χ2n) is 3.92. The highest BCUT2D eigenvalue weighted by Crippen LogP contribution is 2.20. The minimum Gasteiger partial charge on any atom is -0.385 e. The number of anilines is 1. The SMILES string of the molecule is CCCNc1ccnc(CSc2ncnn2C)c1. The lowest BCUT2D eigenvalue weighted by molar-refractivity contribution is 0.685. The van der Waals surface area contributed by atoms with Crippen LogP contribution in [0.15, 0.2) is 29.8 Å². The van der Waals surface area contributed by atoms with Crippen molar-refractivity contribution in [3.05, 3.63) is 30.4 Å². The van der Waals surface area contributed by atoms with Crippen molar-refractivity contribution < 1.29 is 0 Å². The van der Waals surface area contributed by atoms with Gasteiger partial charge < -0.3 is 5.32 Å². The fraction of sp³-hybridized carbons (Fsp3) is 0.417. The highest BCUT2D eigenvalue weighted by atomic mass is 32.2. The Kier molecular flexibility index (Phi) is 4.58. The molecule has 0 saturated heterocycles. The molecule has 0 radical (unpaired) electrons. The number of nitrogens with one attached hydrogen (secondary N) is 1. The summed E-state index contributed by atoms with van der Waals surface area (Å²) in [4.78, 5) is 8.53. The zero-order chi connectivity index (χ0) is 12.8. The summed E-state index contributed by atoms with van der Waals surface area (Å²) in [6.07, 6.45) is 4.52. The van der Waals surface area contributed by atoms with Crippen LogP contribution < -0.4 is 5.32 Å². The van der Waals surface area contributed by atoms with Crippen LogP contribution in [0.3, 0.4) is 0 Å². The van der Waals surface area contributed by atoms with Crippen LogP contribution in [0.1, 0.15) is 19.0 Å². The third kappa shape index (κ3) is 3.46. The number of hydrogen-bond acceptors (Lipinski definition) is 5. The molecular weight excluding hydrogens is 246 g/mol. The van der Waals surface area contributed by atoms with E-state index in [9.17, 15) is 0 Å². The Morgan fingerprint density at radius 2 is 2.28 bits per heavy atom. The minimum absolute atomic E-state index is 0.800. The van der Waals surface area contributed by atoms with E-state index >= 15 is 0 Å². The predicted octanol–water partition coefficient (Wildman–Crippen LogP) is 2.32. The molecule has 0 saturated carbocycles. The fourth-order valence-electron chi connectivity index (χ4n) is 1.49. The van der Waals surface area contributed by atoms with Crippen LogP contribution in [-0.4, -0.2) is 26.3 Å². The molecule has 6 heteroatoms. The van der Waals surface area contributed by atoms with Gasteiger partial charge in [0, 0.05) is 31.2 Å². The van der Waals surface area contributed by atoms with E-state index in [2.05, 4.69) is 33.4 Å². The lowest BCUT2D eigenvalue weighted by Gasteiger charge is -2.06. The van der Waals surface area contributed by atoms with Crippen molar-refractivity contribution in [2.24, 2.45) is 7.05 Å². The summed E-state index contributed by atoms with van der Waals surface area (Å²) < 4.78 is 1.77. The van der Waals surface area contributed by atoms with Crippen molar-refractivity contribution in [3.8, 4) is 0 Å². The molecule has 0 spiro atoms. The zero-order valence-electron chi connectivity index (χ0n) is 10.6. The Hall–Kier alpha value is -1.56. The first-order valence-corrected chi connectivity index (χ1v) is 6.93. The molecular formula is C12H17N5S. The van der Waals surface area contributed by atoms with E-state index in [0.717, 1.165) is 35.3 Å². The first-order chi connectivity index (χ1) is 8.79. The Morgan fingerprint density at radius 3 is 3.00 bits per heavy atom. The van der Waals surface area contributed by atoms with Gasteiger partial charge in [0.15, 0.2) is 5.16 Å². The van der Waals surface area contributed by atoms with Gasteiger partial charge in [-0.15, -0.1) is 0 Å². The average molecular weight is 263 g/mol. The molecule has 0 unspecified atom stereocenters. The predicted molar refractivity (Wildman–Crippen MR) is 73.6 cm³/mol. The van der Waals surface area contributed by atoms with Gasteiger partial charge in [0.2, 0.25) is 0 Å². The largest absolute Gasteiger partial charge is 0.385 e. The number of nitrogens with zero attached hydrogens (tertiary/aromatic N) is 4. The van der Waals surface area contributed by atoms with Crippen molar-refractivity contribution in [2.45, 2.75) is 24.3 Å². The summed E-state index contributed by atoms with van der Waals surface area (Å²) >= 11 is 1.64. The lowest BCUT2D eigenvalue weighted by Crippen LogP contribution is -2.00. The molecule has 0 bridgehead atoms. The van der Waals surface area contributed by atoms with Crippen LogP contribution in [0.25, 0.3) is 0 Å². The van der Waals surface area contributed by atoms with Gasteiger partial charge in [-0.05, 0) is 18.6 Å². The standard InChI is InChI=1S/C12H17N5S/c1-3-5-13-10-4-6-14-11(7-10)8-18-12-15-9-16-17(12)2/h4,6-7,9H,3,5,8H2,1-2H3,(H,13,14). The molecule has 0 aromatic carbocycles. The maximum Gasteiger partial charge on any atom is 0.186 e. The van der Waals surface area contributed by atoms with E-state index in [0.29, 0.717) is 0 Å². The van der Waals surface area contributed by atoms with E-state index in [-0.39, 0.29) is 0 Å². The van der Waals surface area contributed by atoms with Crippen molar-refractivity contribution >= 4 is 17.4 Å². The molecule has 2 heterocycles. The average Bonchev–Trinajstić information content (AvgIpc) is 2.80. The number of aromatic nitrogens is 4. The van der Waals surface area contributed by atoms with Crippen molar-refractivity contribution in [1.29, 1.82) is 0 Å². The molecule has 0 aliphatic carbocycles. The first kappa shape index (κ1) is 12.9. The van der Waals surface area contributed by atoms with E-state index in [1.54, 1.807) is 22.8 Å². The van der Waals surface area contributed by atoms with Gasteiger partial charge in [0.05, 0.1) is 5.69 Å². The Labute approximate surface area is 111 Å². The Balaban J connectivity index is 1.95. The van der Waals surface area contributed by atoms with Gasteiger partial charge >= 0.3 is 0 Å². The summed E-state index contributed by atoms with van der Waals surface area (Å²) in [6.45, 7) is 3.14. The molecule has 0 fully saturated rings. The molecule has 0 aliphatic rings. The van der Waals surface area contributed by atoms with Gasteiger partial charge in [-0.3, -0.25) is 4.98 Å². The van der Waals surface area contributed by atoms with Crippen LogP contribution in [0, 0.1) is 0 Å². The summed E-state index contributed by atoms with van der Waals surface area (Å²) in [5.74, 6) is 0.800. The summed E-state index contributed by atoms with van der Waals surface area (Å²) in [5, 5.41) is 8.30. The van der Waals surface area contributed by atoms with Crippen LogP contribution in [0.2, 0.25) is 0 Å². The molecule has 96 valence electrons. The quantitative estimate of drug-likeness (QED) is 0.811. The summed E-state index contributed by atoms with van der Waals surface area (Å²) in [6, 6.07) is 4.07. The summed E-state index contributed by atoms with van der Waals surface area (Å²) in [5.41, 5.74) is 2.17. The van der Waals surface area contributed by atoms with E-state index in [1.807, 2.05) is 19.3 Å². The molecule has 0 atom stereocenters. The normalized spacial score (nSPS) is 10.6. The van der Waals surface area contributed by atoms with Crippen LogP contribution in [0.5, 0.6) is 0 Å². The van der Waals surface area contributed by atoms with Crippen LogP contribution >= 0.6 is 11.8 Å². The van der Waals surface area contributed by atoms with Crippen molar-refractivity contribution in [2.75, 3.05) is 11.9 Å². The molecule has 18 heavy (non-hydrogen) atoms. The van der Waals surface area contributed by atoms with Crippen LogP contribution in [-0.2, 0) is 12.8 Å². The van der Waals surface area contributed by atoms with Gasteiger partial charge in [-0.25, -0.2) is 9.67 Å². The first-order valence-electron chi connectivity index (χ1n) is 5.95. The maximum atomic E-state index is 4.36. The maximum absolute atomic E-state index is 4.36. The van der Waals surface area contributed by atoms with Crippen molar-refractivity contribution in [1.82, 2.24) is 19.7 Å². The second kappa shape index (κ2) is 6.39. The molecule has 5 nitrogen and oxygen atoms in total. The molecule has 2 rings (SSSR count). The van der Waals surface area contributed by atoms with Crippen LogP contribution in [0.4, 0.5) is 5.69 Å². The van der Waals surface area contributed by atoms with Gasteiger partial charge in [0.1, 0.15) is 6.33 Å². The number of thioether (sulfide) groups is 1. The fourth-order valence-corrected chi connectivity index (χ4v) is 2.28. The van der Waals surface area contributed by atoms with Gasteiger partial charge in [-0.1, -0.05) is 18.7 Å². The molecule has 0 aliphatic heterocycles. The third-order valence-electron chi connectivity index (χ3n) is 2.41. The van der Waals surface area contributed by atoms with E-state index in [4.69, 9.17) is 0 Å². The lowest BCUT2D eigenvalue weighted by atomic mass is 10.3.